The molecule has 1 heterocycles. The Morgan fingerprint density at radius 3 is 2.41 bits per heavy atom. The van der Waals surface area contributed by atoms with E-state index < -0.39 is 17.6 Å². The minimum Gasteiger partial charge on any atom is -0.377 e. The highest BCUT2D eigenvalue weighted by molar-refractivity contribution is 9.10. The van der Waals surface area contributed by atoms with Crippen molar-refractivity contribution in [2.75, 3.05) is 23.9 Å². The largest absolute Gasteiger partial charge is 0.377 e. The number of halogens is 2. The SMILES string of the molecule is CN(C)c1ccc(/C=C2/C(=O)NC(=S)N(c3ccc(F)cc3)C2=O)cc1Br. The van der Waals surface area contributed by atoms with E-state index in [2.05, 4.69) is 21.2 Å². The van der Waals surface area contributed by atoms with E-state index >= 15 is 0 Å². The fraction of sp³-hybridized carbons (Fsp3) is 0.105. The van der Waals surface area contributed by atoms with Crippen LogP contribution in [0.2, 0.25) is 0 Å². The number of nitrogens with zero attached hydrogens (tertiary/aromatic N) is 2. The van der Waals surface area contributed by atoms with Crippen molar-refractivity contribution in [2.45, 2.75) is 0 Å². The molecular weight excluding hydrogens is 433 g/mol. The highest BCUT2D eigenvalue weighted by atomic mass is 79.9. The summed E-state index contributed by atoms with van der Waals surface area (Å²) in [5.74, 6) is -1.57. The number of rotatable bonds is 3. The normalized spacial score (nSPS) is 15.9. The third-order valence-electron chi connectivity index (χ3n) is 3.95. The summed E-state index contributed by atoms with van der Waals surface area (Å²) in [6.45, 7) is 0. The first-order chi connectivity index (χ1) is 12.8. The third kappa shape index (κ3) is 3.91. The maximum Gasteiger partial charge on any atom is 0.270 e. The van der Waals surface area contributed by atoms with Crippen molar-refractivity contribution in [1.29, 1.82) is 0 Å². The number of carbonyl (C=O) groups excluding carboxylic acids is 2. The maximum absolute atomic E-state index is 13.2. The quantitative estimate of drug-likeness (QED) is 0.444. The zero-order chi connectivity index (χ0) is 19.7. The monoisotopic (exact) mass is 447 g/mol. The summed E-state index contributed by atoms with van der Waals surface area (Å²) >= 11 is 8.60. The molecule has 1 aliphatic rings. The highest BCUT2D eigenvalue weighted by Gasteiger charge is 2.34. The molecule has 0 bridgehead atoms. The zero-order valence-corrected chi connectivity index (χ0v) is 16.9. The first kappa shape index (κ1) is 19.2. The van der Waals surface area contributed by atoms with Gasteiger partial charge in [0.15, 0.2) is 5.11 Å². The van der Waals surface area contributed by atoms with Crippen LogP contribution in [0.5, 0.6) is 0 Å². The van der Waals surface area contributed by atoms with E-state index in [0.29, 0.717) is 11.3 Å². The smallest absolute Gasteiger partial charge is 0.270 e. The maximum atomic E-state index is 13.2. The molecule has 1 fully saturated rings. The van der Waals surface area contributed by atoms with Crippen LogP contribution < -0.4 is 15.1 Å². The third-order valence-corrected chi connectivity index (χ3v) is 4.87. The first-order valence-corrected chi connectivity index (χ1v) is 9.12. The summed E-state index contributed by atoms with van der Waals surface area (Å²) < 4.78 is 14.0. The van der Waals surface area contributed by atoms with Crippen LogP contribution in [-0.4, -0.2) is 31.0 Å². The molecule has 0 saturated carbocycles. The lowest BCUT2D eigenvalue weighted by atomic mass is 10.1. The van der Waals surface area contributed by atoms with Gasteiger partial charge in [0, 0.05) is 18.6 Å². The first-order valence-electron chi connectivity index (χ1n) is 7.92. The molecule has 0 aromatic heterocycles. The van der Waals surface area contributed by atoms with E-state index in [1.165, 1.54) is 35.2 Å². The average Bonchev–Trinajstić information content (AvgIpc) is 2.60. The van der Waals surface area contributed by atoms with E-state index in [4.69, 9.17) is 12.2 Å². The molecule has 0 unspecified atom stereocenters. The van der Waals surface area contributed by atoms with Gasteiger partial charge in [-0.3, -0.25) is 19.8 Å². The topological polar surface area (TPSA) is 52.7 Å². The Labute approximate surface area is 169 Å². The molecule has 27 heavy (non-hydrogen) atoms. The van der Waals surface area contributed by atoms with Gasteiger partial charge in [0.2, 0.25) is 0 Å². The second-order valence-corrected chi connectivity index (χ2v) is 7.28. The van der Waals surface area contributed by atoms with Gasteiger partial charge in [-0.15, -0.1) is 0 Å². The molecule has 5 nitrogen and oxygen atoms in total. The Morgan fingerprint density at radius 1 is 1.15 bits per heavy atom. The van der Waals surface area contributed by atoms with E-state index in [9.17, 15) is 14.0 Å². The number of hydrogen-bond donors (Lipinski definition) is 1. The Morgan fingerprint density at radius 2 is 1.81 bits per heavy atom. The molecule has 1 saturated heterocycles. The zero-order valence-electron chi connectivity index (χ0n) is 14.5. The van der Waals surface area contributed by atoms with Gasteiger partial charge in [-0.2, -0.15) is 0 Å². The van der Waals surface area contributed by atoms with Crippen LogP contribution in [0.15, 0.2) is 52.5 Å². The van der Waals surface area contributed by atoms with Gasteiger partial charge in [0.05, 0.1) is 11.4 Å². The van der Waals surface area contributed by atoms with Crippen molar-refractivity contribution < 1.29 is 14.0 Å². The molecule has 0 aliphatic carbocycles. The van der Waals surface area contributed by atoms with Gasteiger partial charge in [0.25, 0.3) is 11.8 Å². The fourth-order valence-electron chi connectivity index (χ4n) is 2.62. The van der Waals surface area contributed by atoms with Crippen molar-refractivity contribution in [3.05, 3.63) is 63.9 Å². The number of nitrogens with one attached hydrogen (secondary N) is 1. The van der Waals surface area contributed by atoms with Crippen LogP contribution in [0.25, 0.3) is 6.08 Å². The second kappa shape index (κ2) is 7.58. The lowest BCUT2D eigenvalue weighted by molar-refractivity contribution is -0.122. The van der Waals surface area contributed by atoms with Gasteiger partial charge < -0.3 is 4.90 Å². The fourth-order valence-corrected chi connectivity index (χ4v) is 3.66. The Balaban J connectivity index is 1.99. The number of amides is 2. The number of carbonyl (C=O) groups is 2. The summed E-state index contributed by atoms with van der Waals surface area (Å²) in [5.41, 5.74) is 1.96. The summed E-state index contributed by atoms with van der Waals surface area (Å²) in [5, 5.41) is 2.46. The van der Waals surface area contributed by atoms with Crippen molar-refractivity contribution >= 4 is 62.5 Å². The van der Waals surface area contributed by atoms with E-state index in [0.717, 1.165) is 10.2 Å². The Bertz CT molecular complexity index is 973. The van der Waals surface area contributed by atoms with Crippen molar-refractivity contribution in [2.24, 2.45) is 0 Å². The summed E-state index contributed by atoms with van der Waals surface area (Å²) in [6, 6.07) is 10.8. The molecule has 3 rings (SSSR count). The molecule has 0 radical (unpaired) electrons. The van der Waals surface area contributed by atoms with Crippen LogP contribution >= 0.6 is 28.1 Å². The molecule has 0 spiro atoms. The lowest BCUT2D eigenvalue weighted by Gasteiger charge is -2.28. The predicted molar refractivity (Wildman–Crippen MR) is 111 cm³/mol. The van der Waals surface area contributed by atoms with Gasteiger partial charge in [-0.25, -0.2) is 4.39 Å². The van der Waals surface area contributed by atoms with Crippen molar-refractivity contribution in [1.82, 2.24) is 5.32 Å². The Kier molecular flexibility index (Phi) is 5.38. The van der Waals surface area contributed by atoms with E-state index in [-0.39, 0.29) is 10.7 Å². The van der Waals surface area contributed by atoms with Gasteiger partial charge in [0.1, 0.15) is 11.4 Å². The number of anilines is 2. The second-order valence-electron chi connectivity index (χ2n) is 6.04. The molecule has 8 heteroatoms. The van der Waals surface area contributed by atoms with Crippen LogP contribution in [0.1, 0.15) is 5.56 Å². The molecule has 2 amide bonds. The van der Waals surface area contributed by atoms with Crippen LogP contribution in [-0.2, 0) is 9.59 Å². The lowest BCUT2D eigenvalue weighted by Crippen LogP contribution is -2.54. The van der Waals surface area contributed by atoms with Gasteiger partial charge in [-0.1, -0.05) is 6.07 Å². The molecule has 2 aromatic carbocycles. The predicted octanol–water partition coefficient (Wildman–Crippen LogP) is 3.49. The minimum absolute atomic E-state index is 0.0436. The molecule has 0 atom stereocenters. The summed E-state index contributed by atoms with van der Waals surface area (Å²) in [7, 11) is 3.83. The van der Waals surface area contributed by atoms with E-state index in [1.807, 2.05) is 37.2 Å². The molecular formula is C19H15BrFN3O2S. The molecule has 138 valence electrons. The van der Waals surface area contributed by atoms with E-state index in [1.54, 1.807) is 0 Å². The number of hydrogen-bond acceptors (Lipinski definition) is 4. The van der Waals surface area contributed by atoms with Crippen LogP contribution in [0, 0.1) is 5.82 Å². The summed E-state index contributed by atoms with van der Waals surface area (Å²) in [4.78, 5) is 28.3. The average molecular weight is 448 g/mol. The minimum atomic E-state index is -0.573. The highest BCUT2D eigenvalue weighted by Crippen LogP contribution is 2.28. The van der Waals surface area contributed by atoms with Gasteiger partial charge in [-0.05, 0) is 76.2 Å². The van der Waals surface area contributed by atoms with Crippen LogP contribution in [0.4, 0.5) is 15.8 Å². The summed E-state index contributed by atoms with van der Waals surface area (Å²) in [6.07, 6.45) is 1.50. The van der Waals surface area contributed by atoms with Gasteiger partial charge >= 0.3 is 0 Å². The molecule has 1 aliphatic heterocycles. The van der Waals surface area contributed by atoms with Crippen molar-refractivity contribution in [3.63, 3.8) is 0 Å². The van der Waals surface area contributed by atoms with Crippen molar-refractivity contribution in [3.8, 4) is 0 Å². The van der Waals surface area contributed by atoms with Crippen LogP contribution in [0.3, 0.4) is 0 Å². The Hall–Kier alpha value is -2.58. The molecule has 1 N–H and O–H groups in total. The number of benzene rings is 2. The standard InChI is InChI=1S/C19H15BrFN3O2S/c1-23(2)16-8-3-11(10-15(16)20)9-14-17(25)22-19(27)24(18(14)26)13-6-4-12(21)5-7-13/h3-10H,1-2H3,(H,22,25,27)/b14-9-. The molecule has 2 aromatic rings. The number of thiocarbonyl (C=S) groups is 1.